The second-order valence-electron chi connectivity index (χ2n) is 7.61. The van der Waals surface area contributed by atoms with Gasteiger partial charge in [0.15, 0.2) is 5.96 Å². The average Bonchev–Trinajstić information content (AvgIpc) is 2.84. The van der Waals surface area contributed by atoms with Gasteiger partial charge in [-0.1, -0.05) is 12.8 Å². The van der Waals surface area contributed by atoms with Gasteiger partial charge in [-0.25, -0.2) is 0 Å². The standard InChI is InChI=1S/C20H39N5O/c1-3-21-20(23-13-17-24-14-8-6-10-18(24)2)22-12-9-16-25-15-7-4-5-11-19(25)26/h18H,3-17H2,1-2H3,(H2,21,22,23). The largest absolute Gasteiger partial charge is 0.357 e. The van der Waals surface area contributed by atoms with Crippen LogP contribution >= 0.6 is 0 Å². The van der Waals surface area contributed by atoms with Crippen molar-refractivity contribution in [2.75, 3.05) is 45.8 Å². The van der Waals surface area contributed by atoms with Crippen LogP contribution in [0.3, 0.4) is 0 Å². The number of likely N-dealkylation sites (tertiary alicyclic amines) is 2. The molecule has 2 aliphatic rings. The molecule has 2 saturated heterocycles. The smallest absolute Gasteiger partial charge is 0.222 e. The highest BCUT2D eigenvalue weighted by molar-refractivity contribution is 5.79. The van der Waals surface area contributed by atoms with Crippen LogP contribution in [-0.2, 0) is 4.79 Å². The molecule has 0 aliphatic carbocycles. The number of nitrogens with zero attached hydrogens (tertiary/aromatic N) is 3. The molecule has 2 rings (SSSR count). The van der Waals surface area contributed by atoms with Crippen LogP contribution in [0.2, 0.25) is 0 Å². The van der Waals surface area contributed by atoms with Gasteiger partial charge >= 0.3 is 0 Å². The Hall–Kier alpha value is -1.30. The SMILES string of the molecule is CCNC(=NCCCN1CCCCCC1=O)NCCN1CCCCC1C. The van der Waals surface area contributed by atoms with Gasteiger partial charge in [0.2, 0.25) is 5.91 Å². The molecule has 2 heterocycles. The first-order valence-electron chi connectivity index (χ1n) is 10.7. The van der Waals surface area contributed by atoms with Crippen molar-refractivity contribution in [3.63, 3.8) is 0 Å². The topological polar surface area (TPSA) is 60.0 Å². The molecule has 0 aromatic rings. The molecule has 6 nitrogen and oxygen atoms in total. The maximum atomic E-state index is 12.0. The zero-order valence-electron chi connectivity index (χ0n) is 16.9. The molecule has 2 aliphatic heterocycles. The van der Waals surface area contributed by atoms with E-state index >= 15 is 0 Å². The van der Waals surface area contributed by atoms with Crippen molar-refractivity contribution in [2.45, 2.75) is 71.3 Å². The maximum Gasteiger partial charge on any atom is 0.222 e. The van der Waals surface area contributed by atoms with Crippen molar-refractivity contribution in [1.29, 1.82) is 0 Å². The third-order valence-corrected chi connectivity index (χ3v) is 5.50. The number of amides is 1. The summed E-state index contributed by atoms with van der Waals surface area (Å²) in [4.78, 5) is 21.3. The lowest BCUT2D eigenvalue weighted by molar-refractivity contribution is -0.130. The second kappa shape index (κ2) is 12.2. The first kappa shape index (κ1) is 21.0. The fourth-order valence-electron chi connectivity index (χ4n) is 3.88. The number of carbonyl (C=O) groups is 1. The summed E-state index contributed by atoms with van der Waals surface area (Å²) in [5.41, 5.74) is 0. The van der Waals surface area contributed by atoms with Gasteiger partial charge in [-0.15, -0.1) is 0 Å². The molecule has 0 spiro atoms. The van der Waals surface area contributed by atoms with Crippen LogP contribution in [0.5, 0.6) is 0 Å². The lowest BCUT2D eigenvalue weighted by atomic mass is 10.0. The number of carbonyl (C=O) groups excluding carboxylic acids is 1. The van der Waals surface area contributed by atoms with Crippen molar-refractivity contribution < 1.29 is 4.79 Å². The number of aliphatic imine (C=N–C) groups is 1. The van der Waals surface area contributed by atoms with Crippen LogP contribution in [0.15, 0.2) is 4.99 Å². The van der Waals surface area contributed by atoms with Gasteiger partial charge in [-0.2, -0.15) is 0 Å². The van der Waals surface area contributed by atoms with Crippen molar-refractivity contribution in [2.24, 2.45) is 4.99 Å². The highest BCUT2D eigenvalue weighted by Gasteiger charge is 2.17. The molecule has 0 aromatic carbocycles. The molecule has 1 atom stereocenters. The van der Waals surface area contributed by atoms with E-state index in [4.69, 9.17) is 0 Å². The predicted molar refractivity (Wildman–Crippen MR) is 109 cm³/mol. The number of rotatable bonds is 8. The minimum absolute atomic E-state index is 0.326. The lowest BCUT2D eigenvalue weighted by Crippen LogP contribution is -2.45. The molecule has 0 bridgehead atoms. The van der Waals surface area contributed by atoms with Gasteiger partial charge in [-0.05, 0) is 52.5 Å². The van der Waals surface area contributed by atoms with Gasteiger partial charge in [0.05, 0.1) is 0 Å². The van der Waals surface area contributed by atoms with Crippen molar-refractivity contribution in [3.8, 4) is 0 Å². The van der Waals surface area contributed by atoms with E-state index < -0.39 is 0 Å². The summed E-state index contributed by atoms with van der Waals surface area (Å²) in [6.07, 6.45) is 9.07. The molecule has 0 aromatic heterocycles. The van der Waals surface area contributed by atoms with E-state index in [1.807, 2.05) is 4.90 Å². The monoisotopic (exact) mass is 365 g/mol. The van der Waals surface area contributed by atoms with Crippen molar-refractivity contribution in [3.05, 3.63) is 0 Å². The van der Waals surface area contributed by atoms with E-state index in [2.05, 4.69) is 34.4 Å². The number of hydrogen-bond acceptors (Lipinski definition) is 3. The van der Waals surface area contributed by atoms with Crippen LogP contribution in [0, 0.1) is 0 Å². The van der Waals surface area contributed by atoms with Gasteiger partial charge in [-0.3, -0.25) is 14.7 Å². The predicted octanol–water partition coefficient (Wildman–Crippen LogP) is 2.21. The molecule has 150 valence electrons. The summed E-state index contributed by atoms with van der Waals surface area (Å²) in [6.45, 7) is 11.1. The molecular weight excluding hydrogens is 326 g/mol. The van der Waals surface area contributed by atoms with Gasteiger partial charge < -0.3 is 15.5 Å². The van der Waals surface area contributed by atoms with E-state index in [1.165, 1.54) is 32.2 Å². The minimum Gasteiger partial charge on any atom is -0.357 e. The molecule has 1 amide bonds. The van der Waals surface area contributed by atoms with Crippen molar-refractivity contribution >= 4 is 11.9 Å². The summed E-state index contributed by atoms with van der Waals surface area (Å²) in [5, 5.41) is 6.79. The van der Waals surface area contributed by atoms with E-state index in [1.54, 1.807) is 0 Å². The van der Waals surface area contributed by atoms with Crippen LogP contribution in [0.1, 0.15) is 65.2 Å². The van der Waals surface area contributed by atoms with E-state index in [9.17, 15) is 4.79 Å². The van der Waals surface area contributed by atoms with Gasteiger partial charge in [0.25, 0.3) is 0 Å². The number of guanidine groups is 1. The maximum absolute atomic E-state index is 12.0. The van der Waals surface area contributed by atoms with E-state index in [0.717, 1.165) is 70.9 Å². The fourth-order valence-corrected chi connectivity index (χ4v) is 3.88. The summed E-state index contributed by atoms with van der Waals surface area (Å²) >= 11 is 0. The number of nitrogens with one attached hydrogen (secondary N) is 2. The first-order valence-corrected chi connectivity index (χ1v) is 10.7. The lowest BCUT2D eigenvalue weighted by Gasteiger charge is -2.33. The Labute approximate surface area is 159 Å². The third-order valence-electron chi connectivity index (χ3n) is 5.50. The highest BCUT2D eigenvalue weighted by atomic mass is 16.2. The minimum atomic E-state index is 0.326. The van der Waals surface area contributed by atoms with Crippen LogP contribution in [0.4, 0.5) is 0 Å². The summed E-state index contributed by atoms with van der Waals surface area (Å²) in [5.74, 6) is 1.23. The van der Waals surface area contributed by atoms with Crippen molar-refractivity contribution in [1.82, 2.24) is 20.4 Å². The van der Waals surface area contributed by atoms with Crippen LogP contribution < -0.4 is 10.6 Å². The summed E-state index contributed by atoms with van der Waals surface area (Å²) < 4.78 is 0. The molecule has 0 radical (unpaired) electrons. The summed E-state index contributed by atoms with van der Waals surface area (Å²) in [6, 6.07) is 0.705. The molecule has 0 saturated carbocycles. The molecule has 26 heavy (non-hydrogen) atoms. The Bertz CT molecular complexity index is 440. The molecule has 2 N–H and O–H groups in total. The normalized spacial score (nSPS) is 23.0. The molecule has 6 heteroatoms. The van der Waals surface area contributed by atoms with Gasteiger partial charge in [0, 0.05) is 51.7 Å². The molecule has 2 fully saturated rings. The second-order valence-corrected chi connectivity index (χ2v) is 7.61. The Balaban J connectivity index is 1.67. The highest BCUT2D eigenvalue weighted by Crippen LogP contribution is 2.15. The quantitative estimate of drug-likeness (QED) is 0.393. The Morgan fingerprint density at radius 1 is 1.12 bits per heavy atom. The number of piperidine rings is 1. The fraction of sp³-hybridized carbons (Fsp3) is 0.900. The zero-order valence-corrected chi connectivity index (χ0v) is 16.9. The van der Waals surface area contributed by atoms with Crippen LogP contribution in [-0.4, -0.2) is 73.5 Å². The molecular formula is C20H39N5O. The van der Waals surface area contributed by atoms with E-state index in [-0.39, 0.29) is 0 Å². The first-order chi connectivity index (χ1) is 12.7. The molecule has 1 unspecified atom stereocenters. The third kappa shape index (κ3) is 7.52. The van der Waals surface area contributed by atoms with Gasteiger partial charge in [0.1, 0.15) is 0 Å². The number of hydrogen-bond donors (Lipinski definition) is 2. The Morgan fingerprint density at radius 2 is 1.96 bits per heavy atom. The Kier molecular flexibility index (Phi) is 9.82. The summed E-state index contributed by atoms with van der Waals surface area (Å²) in [7, 11) is 0. The average molecular weight is 366 g/mol. The Morgan fingerprint density at radius 3 is 2.77 bits per heavy atom. The zero-order chi connectivity index (χ0) is 18.6. The van der Waals surface area contributed by atoms with Crippen LogP contribution in [0.25, 0.3) is 0 Å². The van der Waals surface area contributed by atoms with E-state index in [0.29, 0.717) is 11.9 Å².